The Balaban J connectivity index is 1.21. The molecule has 5 heteroatoms. The third kappa shape index (κ3) is 9.71. The van der Waals surface area contributed by atoms with E-state index >= 15 is 0 Å². The van der Waals surface area contributed by atoms with Crippen LogP contribution in [0.5, 0.6) is 0 Å². The van der Waals surface area contributed by atoms with Crippen LogP contribution in [-0.2, 0) is 4.74 Å². The van der Waals surface area contributed by atoms with Gasteiger partial charge in [-0.25, -0.2) is 4.79 Å². The van der Waals surface area contributed by atoms with Crippen molar-refractivity contribution in [1.82, 2.24) is 0 Å². The largest absolute Gasteiger partial charge is 0.462 e. The number of carbonyl (C=O) groups excluding carboxylic acids is 1. The van der Waals surface area contributed by atoms with Crippen molar-refractivity contribution in [2.24, 2.45) is 0 Å². The minimum atomic E-state index is -0.301. The minimum absolute atomic E-state index is 0.301. The van der Waals surface area contributed by atoms with Crippen molar-refractivity contribution < 1.29 is 19.4 Å². The number of esters is 1. The molecule has 1 aliphatic carbocycles. The summed E-state index contributed by atoms with van der Waals surface area (Å²) in [4.78, 5) is 13.3. The zero-order valence-electron chi connectivity index (χ0n) is 26.2. The fourth-order valence-electron chi connectivity index (χ4n) is 5.99. The zero-order chi connectivity index (χ0) is 30.3. The number of unbranched alkanes of at least 4 members (excludes halogenated alkanes) is 15. The lowest BCUT2D eigenvalue weighted by Crippen LogP contribution is -2.44. The Bertz CT molecular complexity index is 1460. The van der Waals surface area contributed by atoms with Crippen molar-refractivity contribution in [3.63, 3.8) is 0 Å². The molecule has 0 radical (unpaired) electrons. The molecule has 2 aromatic carbocycles. The summed E-state index contributed by atoms with van der Waals surface area (Å²) in [5.74, 6) is 0.342. The number of hydrogen-bond donors (Lipinski definition) is 2. The van der Waals surface area contributed by atoms with Crippen molar-refractivity contribution in [3.05, 3.63) is 71.6 Å². The van der Waals surface area contributed by atoms with E-state index < -0.39 is 0 Å². The van der Waals surface area contributed by atoms with Gasteiger partial charge in [0, 0.05) is 34.3 Å². The Morgan fingerprint density at radius 1 is 0.721 bits per heavy atom. The molecule has 4 N–H and O–H groups in total. The second-order valence-corrected chi connectivity index (χ2v) is 12.0. The van der Waals surface area contributed by atoms with Gasteiger partial charge >= 0.3 is 5.97 Å². The van der Waals surface area contributed by atoms with Crippen LogP contribution in [0.4, 0.5) is 5.69 Å². The Morgan fingerprint density at radius 3 is 1.98 bits per heavy atom. The van der Waals surface area contributed by atoms with Crippen LogP contribution in [-0.4, -0.2) is 12.6 Å². The van der Waals surface area contributed by atoms with Crippen molar-refractivity contribution >= 4 is 22.6 Å². The van der Waals surface area contributed by atoms with Crippen LogP contribution < -0.4 is 16.5 Å². The van der Waals surface area contributed by atoms with Gasteiger partial charge in [-0.1, -0.05) is 121 Å². The molecule has 2 aromatic rings. The van der Waals surface area contributed by atoms with Crippen LogP contribution in [0.1, 0.15) is 120 Å². The first-order valence-electron chi connectivity index (χ1n) is 16.7. The smallest absolute Gasteiger partial charge is 0.338 e. The number of rotatable bonds is 19. The van der Waals surface area contributed by atoms with Gasteiger partial charge < -0.3 is 14.9 Å². The molecule has 4 rings (SSSR count). The minimum Gasteiger partial charge on any atom is -0.462 e. The summed E-state index contributed by atoms with van der Waals surface area (Å²) in [5, 5.41) is 7.55. The molecule has 1 heterocycles. The highest BCUT2D eigenvalue weighted by Gasteiger charge is 2.22. The van der Waals surface area contributed by atoms with Crippen LogP contribution in [0.25, 0.3) is 33.4 Å². The molecule has 230 valence electrons. The lowest BCUT2D eigenvalue weighted by atomic mass is 9.90. The second-order valence-electron chi connectivity index (χ2n) is 12.0. The number of hydrogen-bond acceptors (Lipinski definition) is 4. The van der Waals surface area contributed by atoms with Crippen LogP contribution >= 0.6 is 0 Å². The molecule has 0 fully saturated rings. The lowest BCUT2D eigenvalue weighted by molar-refractivity contribution is -0.172. The summed E-state index contributed by atoms with van der Waals surface area (Å²) in [5.41, 5.74) is 10.4. The maximum atomic E-state index is 13.3. The predicted octanol–water partition coefficient (Wildman–Crippen LogP) is 8.86. The number of carbonyl (C=O) groups is 1. The van der Waals surface area contributed by atoms with E-state index in [1.165, 1.54) is 89.9 Å². The van der Waals surface area contributed by atoms with Crippen LogP contribution in [0, 0.1) is 0 Å². The summed E-state index contributed by atoms with van der Waals surface area (Å²) in [6, 6.07) is 18.8. The summed E-state index contributed by atoms with van der Waals surface area (Å²) in [6.07, 6.45) is 21.1. The van der Waals surface area contributed by atoms with Gasteiger partial charge in [0.2, 0.25) is 0 Å². The molecule has 0 unspecified atom stereocenters. The summed E-state index contributed by atoms with van der Waals surface area (Å²) in [7, 11) is 0. The molecule has 0 aromatic heterocycles. The third-order valence-corrected chi connectivity index (χ3v) is 8.42. The summed E-state index contributed by atoms with van der Waals surface area (Å²) < 4.78 is 11.9. The first-order chi connectivity index (χ1) is 21.1. The van der Waals surface area contributed by atoms with Crippen LogP contribution in [0.2, 0.25) is 0 Å². The lowest BCUT2D eigenvalue weighted by Gasteiger charge is -2.17. The Hall–Kier alpha value is -3.60. The van der Waals surface area contributed by atoms with E-state index in [-0.39, 0.29) is 5.97 Å². The number of nitrogens with two attached hydrogens (primary N) is 2. The van der Waals surface area contributed by atoms with Gasteiger partial charge in [0.15, 0.2) is 5.36 Å². The Kier molecular flexibility index (Phi) is 13.2. The van der Waals surface area contributed by atoms with Gasteiger partial charge in [-0.3, -0.25) is 5.41 Å². The number of benzene rings is 3. The average Bonchev–Trinajstić information content (AvgIpc) is 3.01. The zero-order valence-corrected chi connectivity index (χ0v) is 26.2. The van der Waals surface area contributed by atoms with E-state index in [1.807, 2.05) is 48.5 Å². The van der Waals surface area contributed by atoms with E-state index in [2.05, 4.69) is 6.92 Å². The fraction of sp³-hybridized carbons (Fsp3) is 0.474. The predicted molar refractivity (Wildman–Crippen MR) is 178 cm³/mol. The molecule has 5 nitrogen and oxygen atoms in total. The van der Waals surface area contributed by atoms with Crippen molar-refractivity contribution in [3.8, 4) is 22.5 Å². The SMILES string of the molecule is CCCCCCCCCCCCCCCCCCOC(=O)c1ccccc1-c1c2ccc(=[NH2+])cc-2oc2cc(N)ccc12. The maximum Gasteiger partial charge on any atom is 0.338 e. The molecular formula is C38H51N2O3+. The molecule has 43 heavy (non-hydrogen) atoms. The third-order valence-electron chi connectivity index (χ3n) is 8.42. The molecule has 2 aliphatic rings. The molecule has 0 saturated carbocycles. The maximum absolute atomic E-state index is 13.3. The summed E-state index contributed by atoms with van der Waals surface area (Å²) >= 11 is 0. The van der Waals surface area contributed by atoms with Gasteiger partial charge in [0.25, 0.3) is 0 Å². The Labute approximate surface area is 257 Å². The van der Waals surface area contributed by atoms with Gasteiger partial charge in [-0.2, -0.15) is 0 Å². The fourth-order valence-corrected chi connectivity index (χ4v) is 5.99. The normalized spacial score (nSPS) is 11.4. The van der Waals surface area contributed by atoms with E-state index in [1.54, 1.807) is 12.1 Å². The molecule has 1 aliphatic heterocycles. The molecule has 0 saturated heterocycles. The van der Waals surface area contributed by atoms with Crippen molar-refractivity contribution in [2.75, 3.05) is 12.3 Å². The Morgan fingerprint density at radius 2 is 1.33 bits per heavy atom. The van der Waals surface area contributed by atoms with Crippen LogP contribution in [0.15, 0.2) is 65.1 Å². The number of anilines is 1. The van der Waals surface area contributed by atoms with Gasteiger partial charge in [0.05, 0.1) is 18.2 Å². The summed E-state index contributed by atoms with van der Waals surface area (Å²) in [6.45, 7) is 2.71. The standard InChI is InChI=1S/C38H50N2O3/c1-2-3-4-5-6-7-8-9-10-11-12-13-14-15-16-19-26-42-38(41)32-21-18-17-20-31(32)37-33-24-22-29(39)27-35(33)43-36-28-30(40)23-25-34(36)37/h17-18,20-25,27-28,39H,2-16,19,26,40H2,1H3/p+1. The molecule has 0 amide bonds. The van der Waals surface area contributed by atoms with Gasteiger partial charge in [-0.15, -0.1) is 0 Å². The van der Waals surface area contributed by atoms with Gasteiger partial charge in [0.1, 0.15) is 11.3 Å². The number of nitrogen functional groups attached to an aromatic ring is 1. The average molecular weight is 584 g/mol. The van der Waals surface area contributed by atoms with Gasteiger partial charge in [-0.05, 0) is 36.2 Å². The quantitative estimate of drug-likeness (QED) is 0.0499. The van der Waals surface area contributed by atoms with E-state index in [0.717, 1.165) is 34.9 Å². The highest BCUT2D eigenvalue weighted by Crippen LogP contribution is 2.41. The van der Waals surface area contributed by atoms with Crippen molar-refractivity contribution in [2.45, 2.75) is 110 Å². The van der Waals surface area contributed by atoms with Crippen molar-refractivity contribution in [1.29, 1.82) is 0 Å². The first kappa shape index (κ1) is 32.3. The highest BCUT2D eigenvalue weighted by molar-refractivity contribution is 6.08. The molecule has 0 atom stereocenters. The highest BCUT2D eigenvalue weighted by atomic mass is 16.5. The second kappa shape index (κ2) is 17.5. The molecule has 0 bridgehead atoms. The van der Waals surface area contributed by atoms with E-state index in [4.69, 9.17) is 20.3 Å². The monoisotopic (exact) mass is 583 g/mol. The number of fused-ring (bicyclic) bond motifs is 2. The molecular weight excluding hydrogens is 532 g/mol. The topological polar surface area (TPSA) is 91.0 Å². The van der Waals surface area contributed by atoms with E-state index in [9.17, 15) is 4.79 Å². The molecule has 0 spiro atoms. The van der Waals surface area contributed by atoms with Crippen LogP contribution in [0.3, 0.4) is 0 Å². The number of ether oxygens (including phenoxy) is 1. The first-order valence-corrected chi connectivity index (χ1v) is 16.7. The van der Waals surface area contributed by atoms with E-state index in [0.29, 0.717) is 34.6 Å².